The molecule has 0 saturated heterocycles. The van der Waals surface area contributed by atoms with Gasteiger partial charge in [-0.15, -0.1) is 5.10 Å². The third-order valence-corrected chi connectivity index (χ3v) is 1.86. The molecule has 0 spiro atoms. The van der Waals surface area contributed by atoms with Gasteiger partial charge in [0.2, 0.25) is 0 Å². The first-order chi connectivity index (χ1) is 6.58. The number of aromatic nitrogens is 2. The van der Waals surface area contributed by atoms with Crippen LogP contribution in [0.25, 0.3) is 0 Å². The van der Waals surface area contributed by atoms with Crippen LogP contribution in [0.5, 0.6) is 0 Å². The molecule has 1 atom stereocenters. The maximum atomic E-state index is 5.71. The van der Waals surface area contributed by atoms with Gasteiger partial charge in [0.1, 0.15) is 0 Å². The quantitative estimate of drug-likeness (QED) is 0.825. The zero-order chi connectivity index (χ0) is 10.6. The second-order valence-corrected chi connectivity index (χ2v) is 3.96. The molecule has 0 aliphatic rings. The molecular weight excluding hydrogens is 200 g/mol. The first kappa shape index (κ1) is 11.2. The van der Waals surface area contributed by atoms with E-state index in [2.05, 4.69) is 27.3 Å². The summed E-state index contributed by atoms with van der Waals surface area (Å²) in [5.41, 5.74) is 0.902. The first-order valence-electron chi connectivity index (χ1n) is 4.47. The molecule has 14 heavy (non-hydrogen) atoms. The molecule has 4 nitrogen and oxygen atoms in total. The molecule has 0 aromatic carbocycles. The van der Waals surface area contributed by atoms with Gasteiger partial charge in [-0.2, -0.15) is 5.10 Å². The molecule has 0 radical (unpaired) electrons. The average molecular weight is 215 g/mol. The van der Waals surface area contributed by atoms with Crippen LogP contribution in [0.2, 0.25) is 5.15 Å². The average Bonchev–Trinajstić information content (AvgIpc) is 2.01. The third-order valence-electron chi connectivity index (χ3n) is 1.68. The predicted octanol–water partition coefficient (Wildman–Crippen LogP) is 1.49. The maximum absolute atomic E-state index is 5.71. The highest BCUT2D eigenvalue weighted by Crippen LogP contribution is 2.11. The summed E-state index contributed by atoms with van der Waals surface area (Å²) in [6.07, 6.45) is 1.66. The summed E-state index contributed by atoms with van der Waals surface area (Å²) < 4.78 is 0. The lowest BCUT2D eigenvalue weighted by atomic mass is 10.3. The van der Waals surface area contributed by atoms with Crippen LogP contribution in [0.1, 0.15) is 6.92 Å². The monoisotopic (exact) mass is 214 g/mol. The summed E-state index contributed by atoms with van der Waals surface area (Å²) in [6.45, 7) is 3.06. The van der Waals surface area contributed by atoms with Crippen molar-refractivity contribution in [1.82, 2.24) is 15.1 Å². The Morgan fingerprint density at radius 3 is 2.86 bits per heavy atom. The number of rotatable bonds is 4. The molecule has 0 amide bonds. The van der Waals surface area contributed by atoms with Crippen molar-refractivity contribution in [3.8, 4) is 0 Å². The molecule has 1 rings (SSSR count). The van der Waals surface area contributed by atoms with Crippen LogP contribution in [0.3, 0.4) is 0 Å². The third kappa shape index (κ3) is 3.89. The van der Waals surface area contributed by atoms with Crippen LogP contribution >= 0.6 is 11.6 Å². The molecule has 0 fully saturated rings. The van der Waals surface area contributed by atoms with Crippen molar-refractivity contribution in [2.24, 2.45) is 0 Å². The number of halogens is 1. The predicted molar refractivity (Wildman–Crippen MR) is 58.7 cm³/mol. The van der Waals surface area contributed by atoms with E-state index in [1.54, 1.807) is 12.3 Å². The normalized spacial score (nSPS) is 12.9. The van der Waals surface area contributed by atoms with Gasteiger partial charge in [-0.05, 0) is 21.0 Å². The van der Waals surface area contributed by atoms with Gasteiger partial charge in [-0.25, -0.2) is 0 Å². The number of nitrogens with one attached hydrogen (secondary N) is 1. The van der Waals surface area contributed by atoms with Gasteiger partial charge in [-0.3, -0.25) is 0 Å². The van der Waals surface area contributed by atoms with Crippen molar-refractivity contribution in [3.05, 3.63) is 17.4 Å². The molecule has 1 N–H and O–H groups in total. The van der Waals surface area contributed by atoms with E-state index in [0.717, 1.165) is 12.2 Å². The summed E-state index contributed by atoms with van der Waals surface area (Å²) in [6, 6.07) is 2.12. The Hall–Kier alpha value is -0.870. The molecule has 1 aromatic rings. The van der Waals surface area contributed by atoms with E-state index < -0.39 is 0 Å². The van der Waals surface area contributed by atoms with Crippen LogP contribution in [-0.2, 0) is 0 Å². The maximum Gasteiger partial charge on any atom is 0.153 e. The van der Waals surface area contributed by atoms with E-state index in [1.807, 2.05) is 14.1 Å². The fraction of sp³-hybridized carbons (Fsp3) is 0.556. The second-order valence-electron chi connectivity index (χ2n) is 3.57. The van der Waals surface area contributed by atoms with E-state index in [0.29, 0.717) is 11.2 Å². The highest BCUT2D eigenvalue weighted by atomic mass is 35.5. The van der Waals surface area contributed by atoms with E-state index in [1.165, 1.54) is 0 Å². The minimum absolute atomic E-state index is 0.352. The van der Waals surface area contributed by atoms with E-state index in [-0.39, 0.29) is 0 Å². The van der Waals surface area contributed by atoms with Crippen LogP contribution in [0.4, 0.5) is 5.69 Å². The summed E-state index contributed by atoms with van der Waals surface area (Å²) >= 11 is 5.71. The number of likely N-dealkylation sites (N-methyl/N-ethyl adjacent to an activating group) is 1. The summed E-state index contributed by atoms with van der Waals surface area (Å²) in [7, 11) is 4.08. The summed E-state index contributed by atoms with van der Waals surface area (Å²) in [4.78, 5) is 2.12. The van der Waals surface area contributed by atoms with Gasteiger partial charge in [0, 0.05) is 18.7 Å². The SMILES string of the molecule is CC(CN(C)C)Nc1cnnc(Cl)c1. The molecule has 0 bridgehead atoms. The van der Waals surface area contributed by atoms with Gasteiger partial charge >= 0.3 is 0 Å². The summed E-state index contributed by atoms with van der Waals surface area (Å²) in [5.74, 6) is 0. The molecule has 1 heterocycles. The standard InChI is InChI=1S/C9H15ClN4/c1-7(6-14(2)3)12-8-4-9(10)13-11-5-8/h4-5,7H,6H2,1-3H3,(H,12,13). The Kier molecular flexibility index (Phi) is 4.10. The van der Waals surface area contributed by atoms with Gasteiger partial charge in [0.25, 0.3) is 0 Å². The fourth-order valence-corrected chi connectivity index (χ4v) is 1.46. The largest absolute Gasteiger partial charge is 0.380 e. The molecule has 5 heteroatoms. The van der Waals surface area contributed by atoms with Gasteiger partial charge in [-0.1, -0.05) is 11.6 Å². The lowest BCUT2D eigenvalue weighted by Gasteiger charge is -2.18. The molecule has 0 aliphatic carbocycles. The molecule has 1 aromatic heterocycles. The Bertz CT molecular complexity index is 290. The minimum atomic E-state index is 0.352. The zero-order valence-corrected chi connectivity index (χ0v) is 9.41. The second kappa shape index (κ2) is 5.12. The van der Waals surface area contributed by atoms with Crippen molar-refractivity contribution >= 4 is 17.3 Å². The molecule has 78 valence electrons. The Morgan fingerprint density at radius 2 is 2.29 bits per heavy atom. The van der Waals surface area contributed by atoms with Crippen molar-refractivity contribution in [2.45, 2.75) is 13.0 Å². The summed E-state index contributed by atoms with van der Waals surface area (Å²) in [5, 5.41) is 11.1. The van der Waals surface area contributed by atoms with E-state index in [4.69, 9.17) is 11.6 Å². The van der Waals surface area contributed by atoms with Crippen LogP contribution < -0.4 is 5.32 Å². The van der Waals surface area contributed by atoms with Crippen molar-refractivity contribution in [2.75, 3.05) is 26.0 Å². The van der Waals surface area contributed by atoms with Crippen LogP contribution in [0, 0.1) is 0 Å². The molecular formula is C9H15ClN4. The first-order valence-corrected chi connectivity index (χ1v) is 4.85. The molecule has 0 aliphatic heterocycles. The Labute approximate surface area is 89.3 Å². The molecule has 0 saturated carbocycles. The lowest BCUT2D eigenvalue weighted by molar-refractivity contribution is 0.392. The number of anilines is 1. The van der Waals surface area contributed by atoms with Gasteiger partial charge in [0.05, 0.1) is 11.9 Å². The highest BCUT2D eigenvalue weighted by molar-refractivity contribution is 6.29. The number of hydrogen-bond donors (Lipinski definition) is 1. The van der Waals surface area contributed by atoms with E-state index in [9.17, 15) is 0 Å². The van der Waals surface area contributed by atoms with Crippen molar-refractivity contribution < 1.29 is 0 Å². The number of hydrogen-bond acceptors (Lipinski definition) is 4. The van der Waals surface area contributed by atoms with Gasteiger partial charge < -0.3 is 10.2 Å². The topological polar surface area (TPSA) is 41.0 Å². The smallest absolute Gasteiger partial charge is 0.153 e. The molecule has 1 unspecified atom stereocenters. The number of nitrogens with zero attached hydrogens (tertiary/aromatic N) is 3. The van der Waals surface area contributed by atoms with Gasteiger partial charge in [0.15, 0.2) is 5.15 Å². The van der Waals surface area contributed by atoms with Crippen molar-refractivity contribution in [3.63, 3.8) is 0 Å². The van der Waals surface area contributed by atoms with Crippen molar-refractivity contribution in [1.29, 1.82) is 0 Å². The Balaban J connectivity index is 2.51. The fourth-order valence-electron chi connectivity index (χ4n) is 1.30. The van der Waals surface area contributed by atoms with Crippen LogP contribution in [-0.4, -0.2) is 41.8 Å². The van der Waals surface area contributed by atoms with Crippen LogP contribution in [0.15, 0.2) is 12.3 Å². The lowest BCUT2D eigenvalue weighted by Crippen LogP contribution is -2.29. The van der Waals surface area contributed by atoms with E-state index >= 15 is 0 Å². The minimum Gasteiger partial charge on any atom is -0.380 e. The Morgan fingerprint density at radius 1 is 1.57 bits per heavy atom. The highest BCUT2D eigenvalue weighted by Gasteiger charge is 2.03. The zero-order valence-electron chi connectivity index (χ0n) is 8.66.